The minimum absolute atomic E-state index is 0.178. The van der Waals surface area contributed by atoms with Gasteiger partial charge in [-0.25, -0.2) is 9.82 Å². The zero-order chi connectivity index (χ0) is 19.0. The molecule has 0 unspecified atom stereocenters. The van der Waals surface area contributed by atoms with Gasteiger partial charge in [-0.15, -0.1) is 0 Å². The van der Waals surface area contributed by atoms with Crippen molar-refractivity contribution in [1.29, 1.82) is 0 Å². The van der Waals surface area contributed by atoms with E-state index in [4.69, 9.17) is 0 Å². The number of halogens is 1. The van der Waals surface area contributed by atoms with Gasteiger partial charge in [-0.1, -0.05) is 19.1 Å². The lowest BCUT2D eigenvalue weighted by molar-refractivity contribution is -0.119. The molecule has 6 nitrogen and oxygen atoms in total. The quantitative estimate of drug-likeness (QED) is 0.664. The van der Waals surface area contributed by atoms with E-state index in [0.717, 1.165) is 22.0 Å². The zero-order valence-electron chi connectivity index (χ0n) is 14.5. The summed E-state index contributed by atoms with van der Waals surface area (Å²) in [5.74, 6) is -1.13. The van der Waals surface area contributed by atoms with Gasteiger partial charge in [0.15, 0.2) is 0 Å². The van der Waals surface area contributed by atoms with Gasteiger partial charge in [-0.05, 0) is 36.2 Å². The summed E-state index contributed by atoms with van der Waals surface area (Å²) in [6.07, 6.45) is 3.83. The van der Waals surface area contributed by atoms with Crippen LogP contribution in [-0.2, 0) is 11.2 Å². The van der Waals surface area contributed by atoms with E-state index >= 15 is 0 Å². The summed E-state index contributed by atoms with van der Waals surface area (Å²) < 4.78 is 13.0. The van der Waals surface area contributed by atoms with Gasteiger partial charge < -0.3 is 10.3 Å². The molecule has 27 heavy (non-hydrogen) atoms. The second-order valence-electron chi connectivity index (χ2n) is 6.61. The summed E-state index contributed by atoms with van der Waals surface area (Å²) in [4.78, 5) is 27.9. The number of aromatic amines is 1. The summed E-state index contributed by atoms with van der Waals surface area (Å²) >= 11 is 0. The maximum absolute atomic E-state index is 13.0. The molecule has 0 fully saturated rings. The van der Waals surface area contributed by atoms with Crippen molar-refractivity contribution in [2.45, 2.75) is 13.3 Å². The number of aromatic nitrogens is 1. The van der Waals surface area contributed by atoms with Crippen molar-refractivity contribution in [3.8, 4) is 0 Å². The van der Waals surface area contributed by atoms with Crippen LogP contribution < -0.4 is 10.7 Å². The first-order valence-electron chi connectivity index (χ1n) is 8.55. The topological polar surface area (TPSA) is 86.3 Å². The van der Waals surface area contributed by atoms with Crippen LogP contribution in [0.25, 0.3) is 10.9 Å². The number of nitrogens with zero attached hydrogens (tertiary/aromatic N) is 1. The number of carbonyl (C=O) groups excluding carboxylic acids is 2. The van der Waals surface area contributed by atoms with E-state index in [1.54, 1.807) is 43.6 Å². The normalized spacial score (nSPS) is 13.9. The number of carbonyl (C=O) groups is 2. The predicted molar refractivity (Wildman–Crippen MR) is 101 cm³/mol. The molecule has 2 aromatic carbocycles. The maximum atomic E-state index is 13.0. The van der Waals surface area contributed by atoms with E-state index in [0.29, 0.717) is 17.7 Å². The summed E-state index contributed by atoms with van der Waals surface area (Å²) in [7, 11) is 0. The number of nitrogens with one attached hydrogen (secondary N) is 3. The highest BCUT2D eigenvalue weighted by molar-refractivity contribution is 6.15. The van der Waals surface area contributed by atoms with Crippen molar-refractivity contribution in [3.05, 3.63) is 65.1 Å². The van der Waals surface area contributed by atoms with E-state index in [2.05, 4.69) is 20.8 Å². The molecule has 0 saturated carbocycles. The van der Waals surface area contributed by atoms with Gasteiger partial charge >= 0.3 is 0 Å². The molecular weight excluding hydrogens is 347 g/mol. The molecular formula is C20H17FN4O2. The van der Waals surface area contributed by atoms with Crippen molar-refractivity contribution in [1.82, 2.24) is 10.4 Å². The number of H-pyrrole nitrogens is 1. The number of amides is 2. The average molecular weight is 364 g/mol. The molecule has 4 rings (SSSR count). The van der Waals surface area contributed by atoms with Gasteiger partial charge in [-0.2, -0.15) is 5.10 Å². The Morgan fingerprint density at radius 2 is 2.04 bits per heavy atom. The largest absolute Gasteiger partial charge is 0.360 e. The number of hydrogen-bond donors (Lipinski definition) is 3. The second-order valence-corrected chi connectivity index (χ2v) is 6.61. The van der Waals surface area contributed by atoms with Gasteiger partial charge in [0.05, 0.1) is 11.8 Å². The molecule has 1 atom stereocenters. The summed E-state index contributed by atoms with van der Waals surface area (Å²) in [6, 6.07) is 9.53. The molecule has 3 N–H and O–H groups in total. The van der Waals surface area contributed by atoms with Crippen LogP contribution in [0.1, 0.15) is 28.4 Å². The lowest BCUT2D eigenvalue weighted by Gasteiger charge is -2.13. The van der Waals surface area contributed by atoms with Crippen molar-refractivity contribution in [2.75, 3.05) is 5.32 Å². The van der Waals surface area contributed by atoms with E-state index in [1.807, 2.05) is 0 Å². The maximum Gasteiger partial charge on any atom is 0.272 e. The first kappa shape index (κ1) is 17.0. The van der Waals surface area contributed by atoms with Crippen molar-refractivity contribution in [3.63, 3.8) is 0 Å². The van der Waals surface area contributed by atoms with Crippen molar-refractivity contribution >= 4 is 34.6 Å². The first-order valence-corrected chi connectivity index (χ1v) is 8.55. The molecule has 136 valence electrons. The summed E-state index contributed by atoms with van der Waals surface area (Å²) in [5, 5.41) is 7.51. The molecule has 0 radical (unpaired) electrons. The average Bonchev–Trinajstić information content (AvgIpc) is 2.98. The second kappa shape index (κ2) is 6.68. The smallest absolute Gasteiger partial charge is 0.272 e. The van der Waals surface area contributed by atoms with E-state index in [1.165, 1.54) is 12.1 Å². The van der Waals surface area contributed by atoms with Gasteiger partial charge in [0.2, 0.25) is 5.91 Å². The third-order valence-electron chi connectivity index (χ3n) is 4.59. The number of hydrogen-bond acceptors (Lipinski definition) is 3. The molecule has 0 saturated heterocycles. The van der Waals surface area contributed by atoms with Crippen LogP contribution in [0.3, 0.4) is 0 Å². The molecule has 0 spiro atoms. The molecule has 2 amide bonds. The van der Waals surface area contributed by atoms with Crippen molar-refractivity contribution < 1.29 is 14.0 Å². The van der Waals surface area contributed by atoms with Gasteiger partial charge in [0.25, 0.3) is 5.91 Å². The molecule has 1 aliphatic rings. The van der Waals surface area contributed by atoms with E-state index in [9.17, 15) is 14.0 Å². The number of rotatable bonds is 4. The molecule has 1 aliphatic heterocycles. The number of hydrazone groups is 1. The molecule has 7 heteroatoms. The fourth-order valence-electron chi connectivity index (χ4n) is 3.20. The Balaban J connectivity index is 1.56. The minimum atomic E-state index is -0.329. The Kier molecular flexibility index (Phi) is 4.19. The Hall–Kier alpha value is -3.48. The van der Waals surface area contributed by atoms with E-state index in [-0.39, 0.29) is 23.5 Å². The van der Waals surface area contributed by atoms with Crippen molar-refractivity contribution in [2.24, 2.45) is 11.0 Å². The summed E-state index contributed by atoms with van der Waals surface area (Å²) in [6.45, 7) is 1.81. The number of anilines is 1. The standard InChI is InChI=1S/C20H17FN4O2/c1-11(6-12-2-4-14(21)5-3-12)19(26)24-15-7-16-18-13(9-22-17(18)8-15)10-23-25-20(16)27/h2-5,7-11,22H,6H2,1H3,(H,24,26)(H,25,27)/t11-/m1/s1. The third-order valence-corrected chi connectivity index (χ3v) is 4.59. The van der Waals surface area contributed by atoms with Crippen LogP contribution in [0, 0.1) is 11.7 Å². The highest BCUT2D eigenvalue weighted by Gasteiger charge is 2.20. The van der Waals surface area contributed by atoms with Crippen LogP contribution in [-0.4, -0.2) is 23.0 Å². The molecule has 0 aliphatic carbocycles. The van der Waals surface area contributed by atoms with Gasteiger partial charge in [0.1, 0.15) is 5.82 Å². The Bertz CT molecular complexity index is 1070. The monoisotopic (exact) mass is 364 g/mol. The molecule has 3 aromatic rings. The molecule has 1 aromatic heterocycles. The minimum Gasteiger partial charge on any atom is -0.360 e. The van der Waals surface area contributed by atoms with E-state index < -0.39 is 0 Å². The highest BCUT2D eigenvalue weighted by atomic mass is 19.1. The summed E-state index contributed by atoms with van der Waals surface area (Å²) in [5.41, 5.74) is 5.86. The zero-order valence-corrected chi connectivity index (χ0v) is 14.5. The number of benzene rings is 2. The Morgan fingerprint density at radius 1 is 1.26 bits per heavy atom. The SMILES string of the molecule is C[C@H](Cc1ccc(F)cc1)C(=O)Nc1cc2c3c(c[nH]c3c1)C=NNC2=O. The van der Waals surface area contributed by atoms with Gasteiger partial charge in [0, 0.05) is 34.3 Å². The Labute approximate surface area is 154 Å². The predicted octanol–water partition coefficient (Wildman–Crippen LogP) is 3.20. The fraction of sp³-hybridized carbons (Fsp3) is 0.150. The Morgan fingerprint density at radius 3 is 2.81 bits per heavy atom. The fourth-order valence-corrected chi connectivity index (χ4v) is 3.20. The van der Waals surface area contributed by atoms with Crippen LogP contribution in [0.4, 0.5) is 10.1 Å². The van der Waals surface area contributed by atoms with Crippen LogP contribution in [0.2, 0.25) is 0 Å². The highest BCUT2D eigenvalue weighted by Crippen LogP contribution is 2.27. The third kappa shape index (κ3) is 3.31. The lowest BCUT2D eigenvalue weighted by atomic mass is 10.00. The van der Waals surface area contributed by atoms with Gasteiger partial charge in [-0.3, -0.25) is 9.59 Å². The lowest BCUT2D eigenvalue weighted by Crippen LogP contribution is -2.23. The van der Waals surface area contributed by atoms with Crippen LogP contribution in [0.15, 0.2) is 47.7 Å². The molecule has 2 heterocycles. The van der Waals surface area contributed by atoms with Crippen LogP contribution >= 0.6 is 0 Å². The first-order chi connectivity index (χ1) is 13.0. The molecule has 0 bridgehead atoms. The van der Waals surface area contributed by atoms with Crippen LogP contribution in [0.5, 0.6) is 0 Å².